The highest BCUT2D eigenvalue weighted by atomic mass is 79.9. The Labute approximate surface area is 131 Å². The van der Waals surface area contributed by atoms with Crippen molar-refractivity contribution in [1.82, 2.24) is 5.32 Å². The highest BCUT2D eigenvalue weighted by molar-refractivity contribution is 9.10. The Hall–Kier alpha value is -1.46. The number of hydrogen-bond acceptors (Lipinski definition) is 2. The second-order valence-electron chi connectivity index (χ2n) is 4.98. The van der Waals surface area contributed by atoms with Crippen LogP contribution in [0, 0.1) is 11.6 Å². The third-order valence-electron chi connectivity index (χ3n) is 2.82. The molecule has 112 valence electrons. The molecule has 5 heteroatoms. The fraction of sp³-hybridized carbons (Fsp3) is 0.250. The molecule has 2 aromatic carbocycles. The van der Waals surface area contributed by atoms with Gasteiger partial charge in [0.15, 0.2) is 11.6 Å². The average molecular weight is 356 g/mol. The van der Waals surface area contributed by atoms with Crippen LogP contribution in [0.5, 0.6) is 11.5 Å². The van der Waals surface area contributed by atoms with Gasteiger partial charge < -0.3 is 10.1 Å². The van der Waals surface area contributed by atoms with E-state index in [0.29, 0.717) is 16.3 Å². The number of rotatable bonds is 5. The van der Waals surface area contributed by atoms with Crippen molar-refractivity contribution in [3.05, 3.63) is 58.1 Å². The van der Waals surface area contributed by atoms with Gasteiger partial charge in [-0.3, -0.25) is 0 Å². The Kier molecular flexibility index (Phi) is 5.31. The molecule has 1 N–H and O–H groups in total. The number of ether oxygens (including phenoxy) is 1. The van der Waals surface area contributed by atoms with Crippen LogP contribution in [-0.4, -0.2) is 6.04 Å². The number of hydrogen-bond donors (Lipinski definition) is 1. The molecule has 0 amide bonds. The van der Waals surface area contributed by atoms with Crippen molar-refractivity contribution in [2.45, 2.75) is 26.4 Å². The molecule has 0 heterocycles. The zero-order chi connectivity index (χ0) is 15.4. The minimum atomic E-state index is -0.603. The van der Waals surface area contributed by atoms with Crippen LogP contribution in [0.15, 0.2) is 40.9 Å². The first-order valence-corrected chi connectivity index (χ1v) is 7.39. The lowest BCUT2D eigenvalue weighted by Gasteiger charge is -2.12. The van der Waals surface area contributed by atoms with Gasteiger partial charge in [-0.15, -0.1) is 0 Å². The van der Waals surface area contributed by atoms with Crippen LogP contribution >= 0.6 is 15.9 Å². The van der Waals surface area contributed by atoms with Crippen LogP contribution in [0.25, 0.3) is 0 Å². The minimum absolute atomic E-state index is 0.135. The second kappa shape index (κ2) is 7.00. The third kappa shape index (κ3) is 4.51. The quantitative estimate of drug-likeness (QED) is 0.813. The Morgan fingerprint density at radius 3 is 2.52 bits per heavy atom. The molecule has 21 heavy (non-hydrogen) atoms. The van der Waals surface area contributed by atoms with E-state index in [9.17, 15) is 8.78 Å². The molecule has 0 saturated heterocycles. The van der Waals surface area contributed by atoms with Crippen LogP contribution in [0.3, 0.4) is 0 Å². The molecule has 0 atom stereocenters. The summed E-state index contributed by atoms with van der Waals surface area (Å²) in [6, 6.07) is 9.01. The van der Waals surface area contributed by atoms with E-state index in [1.54, 1.807) is 6.07 Å². The van der Waals surface area contributed by atoms with Crippen LogP contribution < -0.4 is 10.1 Å². The molecule has 0 aliphatic heterocycles. The van der Waals surface area contributed by atoms with E-state index in [0.717, 1.165) is 30.3 Å². The van der Waals surface area contributed by atoms with Crippen molar-refractivity contribution >= 4 is 15.9 Å². The molecule has 0 spiro atoms. The predicted molar refractivity (Wildman–Crippen MR) is 82.5 cm³/mol. The highest BCUT2D eigenvalue weighted by Gasteiger charge is 2.09. The predicted octanol–water partition coefficient (Wildman–Crippen LogP) is 5.02. The second-order valence-corrected chi connectivity index (χ2v) is 5.83. The first-order chi connectivity index (χ1) is 9.95. The summed E-state index contributed by atoms with van der Waals surface area (Å²) in [5, 5.41) is 3.30. The maximum absolute atomic E-state index is 13.6. The fourth-order valence-corrected chi connectivity index (χ4v) is 2.24. The molecule has 0 aliphatic carbocycles. The molecule has 0 aromatic heterocycles. The van der Waals surface area contributed by atoms with Gasteiger partial charge in [-0.25, -0.2) is 8.78 Å². The van der Waals surface area contributed by atoms with Crippen LogP contribution in [-0.2, 0) is 6.54 Å². The van der Waals surface area contributed by atoms with E-state index < -0.39 is 11.6 Å². The molecule has 2 aromatic rings. The molecular formula is C16H16BrF2NO. The topological polar surface area (TPSA) is 21.3 Å². The van der Waals surface area contributed by atoms with Crippen molar-refractivity contribution in [1.29, 1.82) is 0 Å². The summed E-state index contributed by atoms with van der Waals surface area (Å²) >= 11 is 3.39. The summed E-state index contributed by atoms with van der Waals surface area (Å²) < 4.78 is 32.8. The van der Waals surface area contributed by atoms with E-state index >= 15 is 0 Å². The summed E-state index contributed by atoms with van der Waals surface area (Å²) in [5.41, 5.74) is 1.07. The van der Waals surface area contributed by atoms with E-state index in [4.69, 9.17) is 4.74 Å². The van der Waals surface area contributed by atoms with Gasteiger partial charge in [-0.2, -0.15) is 0 Å². The molecule has 0 saturated carbocycles. The molecule has 0 radical (unpaired) electrons. The van der Waals surface area contributed by atoms with Gasteiger partial charge in [0.25, 0.3) is 0 Å². The maximum atomic E-state index is 13.6. The maximum Gasteiger partial charge on any atom is 0.166 e. The summed E-state index contributed by atoms with van der Waals surface area (Å²) in [6.07, 6.45) is 0. The third-order valence-corrected chi connectivity index (χ3v) is 3.44. The molecule has 0 unspecified atom stereocenters. The Morgan fingerprint density at radius 1 is 1.10 bits per heavy atom. The van der Waals surface area contributed by atoms with Crippen molar-refractivity contribution in [2.24, 2.45) is 0 Å². The summed E-state index contributed by atoms with van der Waals surface area (Å²) in [6.45, 7) is 4.86. The van der Waals surface area contributed by atoms with Gasteiger partial charge in [0, 0.05) is 18.7 Å². The van der Waals surface area contributed by atoms with E-state index in [2.05, 4.69) is 35.1 Å². The molecule has 0 aliphatic rings. The minimum Gasteiger partial charge on any atom is -0.453 e. The molecule has 2 nitrogen and oxygen atoms in total. The van der Waals surface area contributed by atoms with Crippen molar-refractivity contribution < 1.29 is 13.5 Å². The fourth-order valence-electron chi connectivity index (χ4n) is 1.73. The van der Waals surface area contributed by atoms with Crippen LogP contribution in [0.1, 0.15) is 19.4 Å². The van der Waals surface area contributed by atoms with E-state index in [1.807, 2.05) is 12.1 Å². The van der Waals surface area contributed by atoms with Crippen molar-refractivity contribution in [3.63, 3.8) is 0 Å². The summed E-state index contributed by atoms with van der Waals surface area (Å²) in [4.78, 5) is 0. The van der Waals surface area contributed by atoms with Crippen LogP contribution in [0.2, 0.25) is 0 Å². The number of nitrogens with one attached hydrogen (secondary N) is 1. The monoisotopic (exact) mass is 355 g/mol. The van der Waals surface area contributed by atoms with Gasteiger partial charge in [0.05, 0.1) is 4.47 Å². The smallest absolute Gasteiger partial charge is 0.166 e. The van der Waals surface area contributed by atoms with Gasteiger partial charge in [0.1, 0.15) is 11.6 Å². The molecule has 0 fully saturated rings. The lowest BCUT2D eigenvalue weighted by Crippen LogP contribution is -2.21. The Balaban J connectivity index is 2.15. The average Bonchev–Trinajstić information content (AvgIpc) is 2.43. The Bertz CT molecular complexity index is 632. The van der Waals surface area contributed by atoms with Gasteiger partial charge >= 0.3 is 0 Å². The summed E-state index contributed by atoms with van der Waals surface area (Å²) in [7, 11) is 0. The summed E-state index contributed by atoms with van der Waals surface area (Å²) in [5.74, 6) is -0.842. The highest BCUT2D eigenvalue weighted by Crippen LogP contribution is 2.32. The lowest BCUT2D eigenvalue weighted by molar-refractivity contribution is 0.434. The standard InChI is InChI=1S/C16H16BrF2NO/c1-10(2)20-9-11-3-6-15(13(17)7-11)21-16-8-12(18)4-5-14(16)19/h3-8,10,20H,9H2,1-2H3. The van der Waals surface area contributed by atoms with E-state index in [-0.39, 0.29) is 5.75 Å². The van der Waals surface area contributed by atoms with Crippen molar-refractivity contribution in [3.8, 4) is 11.5 Å². The van der Waals surface area contributed by atoms with E-state index in [1.165, 1.54) is 0 Å². The van der Waals surface area contributed by atoms with Crippen molar-refractivity contribution in [2.75, 3.05) is 0 Å². The number of halogens is 3. The SMILES string of the molecule is CC(C)NCc1ccc(Oc2cc(F)ccc2F)c(Br)c1. The normalized spacial score (nSPS) is 11.0. The molecule has 0 bridgehead atoms. The van der Waals surface area contributed by atoms with Gasteiger partial charge in [0.2, 0.25) is 0 Å². The first kappa shape index (κ1) is 15.9. The van der Waals surface area contributed by atoms with Gasteiger partial charge in [-0.1, -0.05) is 19.9 Å². The van der Waals surface area contributed by atoms with Crippen LogP contribution in [0.4, 0.5) is 8.78 Å². The molecular weight excluding hydrogens is 340 g/mol. The zero-order valence-corrected chi connectivity index (χ0v) is 13.4. The zero-order valence-electron chi connectivity index (χ0n) is 11.8. The lowest BCUT2D eigenvalue weighted by atomic mass is 10.2. The first-order valence-electron chi connectivity index (χ1n) is 6.60. The number of benzene rings is 2. The largest absolute Gasteiger partial charge is 0.453 e. The Morgan fingerprint density at radius 2 is 1.86 bits per heavy atom. The van der Waals surface area contributed by atoms with Gasteiger partial charge in [-0.05, 0) is 45.8 Å². The molecule has 2 rings (SSSR count).